The molecule has 25 heavy (non-hydrogen) atoms. The smallest absolute Gasteiger partial charge is 0.245 e. The standard InChI is InChI=1S/C16H23N5O3S/c1-11-16(24)20(8-4-7-19-6-3-5-14(19)22)10-15(23)21(11)9-13-18-17-12(2)25-13/h11H,3-10H2,1-2H3/t11-/m0/s1. The third-order valence-corrected chi connectivity index (χ3v) is 5.51. The lowest BCUT2D eigenvalue weighted by molar-refractivity contribution is -0.155. The van der Waals surface area contributed by atoms with Gasteiger partial charge in [-0.15, -0.1) is 10.2 Å². The third kappa shape index (κ3) is 3.97. The van der Waals surface area contributed by atoms with Crippen molar-refractivity contribution in [2.45, 2.75) is 45.7 Å². The minimum atomic E-state index is -0.501. The Morgan fingerprint density at radius 1 is 1.12 bits per heavy atom. The lowest BCUT2D eigenvalue weighted by atomic mass is 10.1. The normalized spacial score (nSPS) is 21.6. The van der Waals surface area contributed by atoms with Gasteiger partial charge in [-0.25, -0.2) is 0 Å². The van der Waals surface area contributed by atoms with Gasteiger partial charge in [0.2, 0.25) is 17.7 Å². The van der Waals surface area contributed by atoms with Crippen LogP contribution in [0.15, 0.2) is 0 Å². The molecular weight excluding hydrogens is 342 g/mol. The molecule has 3 amide bonds. The van der Waals surface area contributed by atoms with Crippen LogP contribution in [0.2, 0.25) is 0 Å². The van der Waals surface area contributed by atoms with Crippen LogP contribution in [0.4, 0.5) is 0 Å². The first-order valence-electron chi connectivity index (χ1n) is 8.60. The molecular formula is C16H23N5O3S. The van der Waals surface area contributed by atoms with Gasteiger partial charge in [-0.2, -0.15) is 0 Å². The van der Waals surface area contributed by atoms with Crippen LogP contribution >= 0.6 is 11.3 Å². The zero-order valence-electron chi connectivity index (χ0n) is 14.6. The second-order valence-corrected chi connectivity index (χ2v) is 7.78. The quantitative estimate of drug-likeness (QED) is 0.729. The molecule has 0 bridgehead atoms. The van der Waals surface area contributed by atoms with Gasteiger partial charge < -0.3 is 14.7 Å². The highest BCUT2D eigenvalue weighted by Gasteiger charge is 2.36. The minimum absolute atomic E-state index is 0.0476. The zero-order valence-corrected chi connectivity index (χ0v) is 15.4. The van der Waals surface area contributed by atoms with Crippen molar-refractivity contribution in [2.75, 3.05) is 26.2 Å². The molecule has 3 heterocycles. The van der Waals surface area contributed by atoms with Crippen molar-refractivity contribution in [2.24, 2.45) is 0 Å². The Hall–Kier alpha value is -2.03. The van der Waals surface area contributed by atoms with Gasteiger partial charge in [0.15, 0.2) is 0 Å². The molecule has 8 nitrogen and oxygen atoms in total. The molecule has 2 aliphatic heterocycles. The molecule has 0 unspecified atom stereocenters. The van der Waals surface area contributed by atoms with Crippen LogP contribution in [-0.4, -0.2) is 74.8 Å². The number of aryl methyl sites for hydroxylation is 1. The predicted octanol–water partition coefficient (Wildman–Crippen LogP) is 0.418. The molecule has 0 radical (unpaired) electrons. The van der Waals surface area contributed by atoms with Crippen molar-refractivity contribution in [3.8, 4) is 0 Å². The second-order valence-electron chi connectivity index (χ2n) is 6.51. The Labute approximate surface area is 150 Å². The summed E-state index contributed by atoms with van der Waals surface area (Å²) in [7, 11) is 0. The zero-order chi connectivity index (χ0) is 18.0. The summed E-state index contributed by atoms with van der Waals surface area (Å²) in [5.41, 5.74) is 0. The number of hydrogen-bond acceptors (Lipinski definition) is 6. The van der Waals surface area contributed by atoms with E-state index in [2.05, 4.69) is 10.2 Å². The van der Waals surface area contributed by atoms with Crippen LogP contribution in [0.1, 0.15) is 36.2 Å². The summed E-state index contributed by atoms with van der Waals surface area (Å²) < 4.78 is 0. The molecule has 1 aromatic heterocycles. The van der Waals surface area contributed by atoms with Crippen LogP contribution in [0.3, 0.4) is 0 Å². The Morgan fingerprint density at radius 3 is 2.52 bits per heavy atom. The van der Waals surface area contributed by atoms with Gasteiger partial charge in [0.1, 0.15) is 16.1 Å². The van der Waals surface area contributed by atoms with Crippen LogP contribution < -0.4 is 0 Å². The van der Waals surface area contributed by atoms with E-state index in [9.17, 15) is 14.4 Å². The van der Waals surface area contributed by atoms with E-state index in [0.29, 0.717) is 32.5 Å². The van der Waals surface area contributed by atoms with E-state index in [1.54, 1.807) is 16.7 Å². The minimum Gasteiger partial charge on any atom is -0.343 e. The monoisotopic (exact) mass is 365 g/mol. The molecule has 0 N–H and O–H groups in total. The number of nitrogens with zero attached hydrogens (tertiary/aromatic N) is 5. The molecule has 9 heteroatoms. The summed E-state index contributed by atoms with van der Waals surface area (Å²) in [5.74, 6) is 0.0683. The predicted molar refractivity (Wildman–Crippen MR) is 91.7 cm³/mol. The van der Waals surface area contributed by atoms with Crippen molar-refractivity contribution in [3.05, 3.63) is 10.0 Å². The van der Waals surface area contributed by atoms with Gasteiger partial charge in [0, 0.05) is 26.1 Å². The summed E-state index contributed by atoms with van der Waals surface area (Å²) in [6.07, 6.45) is 2.24. The van der Waals surface area contributed by atoms with Gasteiger partial charge in [-0.1, -0.05) is 11.3 Å². The van der Waals surface area contributed by atoms with E-state index in [1.807, 2.05) is 11.8 Å². The Morgan fingerprint density at radius 2 is 1.88 bits per heavy atom. The maximum absolute atomic E-state index is 12.6. The summed E-state index contributed by atoms with van der Waals surface area (Å²) in [5, 5.41) is 9.58. The molecule has 2 saturated heterocycles. The fourth-order valence-electron chi connectivity index (χ4n) is 3.30. The topological polar surface area (TPSA) is 86.7 Å². The SMILES string of the molecule is Cc1nnc(CN2C(=O)CN(CCCN3CCCC3=O)C(=O)[C@@H]2C)s1. The maximum Gasteiger partial charge on any atom is 0.245 e. The van der Waals surface area contributed by atoms with E-state index in [-0.39, 0.29) is 24.3 Å². The highest BCUT2D eigenvalue weighted by atomic mass is 32.1. The molecule has 0 spiro atoms. The molecule has 1 aromatic rings. The van der Waals surface area contributed by atoms with E-state index in [4.69, 9.17) is 0 Å². The van der Waals surface area contributed by atoms with E-state index < -0.39 is 6.04 Å². The highest BCUT2D eigenvalue weighted by Crippen LogP contribution is 2.19. The van der Waals surface area contributed by atoms with Gasteiger partial charge >= 0.3 is 0 Å². The summed E-state index contributed by atoms with van der Waals surface area (Å²) in [6.45, 7) is 5.99. The Balaban J connectivity index is 1.53. The van der Waals surface area contributed by atoms with Crippen LogP contribution in [-0.2, 0) is 20.9 Å². The molecule has 0 aromatic carbocycles. The second kappa shape index (κ2) is 7.47. The fraction of sp³-hybridized carbons (Fsp3) is 0.688. The van der Waals surface area contributed by atoms with Gasteiger partial charge in [-0.3, -0.25) is 14.4 Å². The number of piperazine rings is 1. The van der Waals surface area contributed by atoms with E-state index in [1.165, 1.54) is 11.3 Å². The van der Waals surface area contributed by atoms with Gasteiger partial charge in [0.25, 0.3) is 0 Å². The molecule has 1 atom stereocenters. The third-order valence-electron chi connectivity index (χ3n) is 4.68. The highest BCUT2D eigenvalue weighted by molar-refractivity contribution is 7.11. The average molecular weight is 365 g/mol. The number of amides is 3. The van der Waals surface area contributed by atoms with Crippen molar-refractivity contribution in [1.82, 2.24) is 24.9 Å². The van der Waals surface area contributed by atoms with Crippen molar-refractivity contribution in [3.63, 3.8) is 0 Å². The summed E-state index contributed by atoms with van der Waals surface area (Å²) in [6, 6.07) is -0.501. The Bertz CT molecular complexity index is 676. The number of likely N-dealkylation sites (tertiary alicyclic amines) is 1. The van der Waals surface area contributed by atoms with Crippen LogP contribution in [0, 0.1) is 6.92 Å². The molecule has 2 aliphatic rings. The number of carbonyl (C=O) groups is 3. The van der Waals surface area contributed by atoms with Crippen LogP contribution in [0.25, 0.3) is 0 Å². The number of aromatic nitrogens is 2. The van der Waals surface area contributed by atoms with E-state index >= 15 is 0 Å². The first kappa shape index (κ1) is 17.8. The van der Waals surface area contributed by atoms with Crippen molar-refractivity contribution < 1.29 is 14.4 Å². The summed E-state index contributed by atoms with van der Waals surface area (Å²) in [4.78, 5) is 41.7. The van der Waals surface area contributed by atoms with Gasteiger partial charge in [-0.05, 0) is 26.7 Å². The molecule has 3 rings (SSSR count). The summed E-state index contributed by atoms with van der Waals surface area (Å²) >= 11 is 1.44. The molecule has 136 valence electrons. The maximum atomic E-state index is 12.6. The first-order valence-corrected chi connectivity index (χ1v) is 9.42. The Kier molecular flexibility index (Phi) is 5.31. The average Bonchev–Trinajstić information content (AvgIpc) is 3.17. The van der Waals surface area contributed by atoms with Gasteiger partial charge in [0.05, 0.1) is 13.1 Å². The van der Waals surface area contributed by atoms with E-state index in [0.717, 1.165) is 23.0 Å². The lowest BCUT2D eigenvalue weighted by Crippen LogP contribution is -2.58. The van der Waals surface area contributed by atoms with Crippen molar-refractivity contribution >= 4 is 29.1 Å². The van der Waals surface area contributed by atoms with Crippen LogP contribution in [0.5, 0.6) is 0 Å². The molecule has 2 fully saturated rings. The van der Waals surface area contributed by atoms with Crippen molar-refractivity contribution in [1.29, 1.82) is 0 Å². The molecule has 0 saturated carbocycles. The lowest BCUT2D eigenvalue weighted by Gasteiger charge is -2.38. The molecule has 0 aliphatic carbocycles. The fourth-order valence-corrected chi connectivity index (χ4v) is 4.01. The number of hydrogen-bond donors (Lipinski definition) is 0. The number of rotatable bonds is 6. The number of carbonyl (C=O) groups excluding carboxylic acids is 3. The first-order chi connectivity index (χ1) is 12.0. The largest absolute Gasteiger partial charge is 0.343 e.